The van der Waals surface area contributed by atoms with Crippen molar-refractivity contribution in [2.75, 3.05) is 0 Å². The Balaban J connectivity index is 1.68. The number of nitrogens with zero attached hydrogens (tertiary/aromatic N) is 3. The van der Waals surface area contributed by atoms with Gasteiger partial charge in [0.2, 0.25) is 0 Å². The summed E-state index contributed by atoms with van der Waals surface area (Å²) in [7, 11) is 0. The van der Waals surface area contributed by atoms with E-state index in [-0.39, 0.29) is 0 Å². The molecule has 0 atom stereocenters. The van der Waals surface area contributed by atoms with Crippen molar-refractivity contribution in [2.24, 2.45) is 0 Å². The van der Waals surface area contributed by atoms with Crippen LogP contribution in [0.25, 0.3) is 21.9 Å². The van der Waals surface area contributed by atoms with Crippen LogP contribution in [0.3, 0.4) is 0 Å². The zero-order valence-corrected chi connectivity index (χ0v) is 10.9. The quantitative estimate of drug-likeness (QED) is 0.570. The van der Waals surface area contributed by atoms with E-state index in [4.69, 9.17) is 4.84 Å². The Morgan fingerprint density at radius 3 is 3.00 bits per heavy atom. The number of para-hydroxylation sites is 1. The largest absolute Gasteiger partial charge is 0.365 e. The number of hydrogen-bond acceptors (Lipinski definition) is 4. The van der Waals surface area contributed by atoms with Gasteiger partial charge in [0.1, 0.15) is 11.0 Å². The number of hydrogen-bond donors (Lipinski definition) is 1. The Hall–Kier alpha value is -3.15. The Bertz CT molecular complexity index is 954. The molecule has 0 amide bonds. The molecule has 0 bridgehead atoms. The molecule has 0 aliphatic rings. The summed E-state index contributed by atoms with van der Waals surface area (Å²) in [5.74, 6) is -0.484. The van der Waals surface area contributed by atoms with Crippen molar-refractivity contribution in [2.45, 2.75) is 0 Å². The summed E-state index contributed by atoms with van der Waals surface area (Å²) in [6, 6.07) is 14.5. The first-order valence-corrected chi connectivity index (χ1v) is 6.41. The van der Waals surface area contributed by atoms with Crippen LogP contribution in [0.15, 0.2) is 54.7 Å². The molecule has 4 rings (SSSR count). The summed E-state index contributed by atoms with van der Waals surface area (Å²) in [5, 5.41) is 8.81. The highest BCUT2D eigenvalue weighted by Crippen LogP contribution is 2.15. The molecular formula is C15H10N4O2. The first-order chi connectivity index (χ1) is 10.3. The van der Waals surface area contributed by atoms with Gasteiger partial charge >= 0.3 is 5.97 Å². The van der Waals surface area contributed by atoms with Gasteiger partial charge in [0, 0.05) is 11.7 Å². The molecule has 0 saturated carbocycles. The Kier molecular flexibility index (Phi) is 2.47. The smallest absolute Gasteiger partial charge is 0.361 e. The molecule has 2 aromatic heterocycles. The number of rotatable bonds is 2. The van der Waals surface area contributed by atoms with Crippen LogP contribution in [-0.4, -0.2) is 26.1 Å². The molecule has 0 fully saturated rings. The molecule has 0 unspecified atom stereocenters. The number of benzene rings is 2. The monoisotopic (exact) mass is 278 g/mol. The fourth-order valence-electron chi connectivity index (χ4n) is 2.22. The van der Waals surface area contributed by atoms with Crippen LogP contribution >= 0.6 is 0 Å². The second-order valence-electron chi connectivity index (χ2n) is 4.61. The highest BCUT2D eigenvalue weighted by Gasteiger charge is 2.12. The molecule has 0 saturated heterocycles. The molecule has 6 heteroatoms. The van der Waals surface area contributed by atoms with Gasteiger partial charge in [-0.2, -0.15) is 0 Å². The van der Waals surface area contributed by atoms with Crippen LogP contribution < -0.4 is 4.84 Å². The number of carbonyl (C=O) groups excluding carboxylic acids is 1. The van der Waals surface area contributed by atoms with Gasteiger partial charge in [0.25, 0.3) is 0 Å². The summed E-state index contributed by atoms with van der Waals surface area (Å²) in [6.07, 6.45) is 1.82. The molecule has 21 heavy (non-hydrogen) atoms. The van der Waals surface area contributed by atoms with E-state index in [9.17, 15) is 4.79 Å². The van der Waals surface area contributed by atoms with Crippen LogP contribution in [0.5, 0.6) is 0 Å². The Morgan fingerprint density at radius 2 is 2.05 bits per heavy atom. The first-order valence-electron chi connectivity index (χ1n) is 6.41. The molecule has 2 heterocycles. The summed E-state index contributed by atoms with van der Waals surface area (Å²) in [6.45, 7) is 0. The molecule has 1 N–H and O–H groups in total. The molecule has 0 radical (unpaired) electrons. The van der Waals surface area contributed by atoms with Gasteiger partial charge in [0.05, 0.1) is 5.56 Å². The van der Waals surface area contributed by atoms with Crippen molar-refractivity contribution >= 4 is 27.9 Å². The molecule has 102 valence electrons. The number of aromatic nitrogens is 4. The highest BCUT2D eigenvalue weighted by molar-refractivity contribution is 5.94. The fourth-order valence-corrected chi connectivity index (χ4v) is 2.22. The summed E-state index contributed by atoms with van der Waals surface area (Å²) >= 11 is 0. The predicted octanol–water partition coefficient (Wildman–Crippen LogP) is 2.18. The number of aromatic amines is 1. The normalized spacial score (nSPS) is 11.0. The topological polar surface area (TPSA) is 72.8 Å². The molecule has 0 spiro atoms. The minimum atomic E-state index is -0.484. The van der Waals surface area contributed by atoms with Gasteiger partial charge in [-0.25, -0.2) is 4.79 Å². The van der Waals surface area contributed by atoms with Crippen molar-refractivity contribution in [3.63, 3.8) is 0 Å². The summed E-state index contributed by atoms with van der Waals surface area (Å²) in [4.78, 5) is 21.7. The minimum absolute atomic E-state index is 0.449. The maximum absolute atomic E-state index is 12.2. The molecular weight excluding hydrogens is 268 g/mol. The summed E-state index contributed by atoms with van der Waals surface area (Å²) < 4.78 is 0. The van der Waals surface area contributed by atoms with Crippen molar-refractivity contribution in [1.82, 2.24) is 20.1 Å². The lowest BCUT2D eigenvalue weighted by Gasteiger charge is -2.03. The Labute approximate surface area is 118 Å². The average Bonchev–Trinajstić information content (AvgIpc) is 3.13. The third-order valence-corrected chi connectivity index (χ3v) is 3.28. The highest BCUT2D eigenvalue weighted by atomic mass is 16.7. The lowest BCUT2D eigenvalue weighted by atomic mass is 10.2. The summed E-state index contributed by atoms with van der Waals surface area (Å²) in [5.41, 5.74) is 2.65. The van der Waals surface area contributed by atoms with Gasteiger partial charge in [0.15, 0.2) is 0 Å². The lowest BCUT2D eigenvalue weighted by molar-refractivity contribution is 0.0409. The predicted molar refractivity (Wildman–Crippen MR) is 76.7 cm³/mol. The van der Waals surface area contributed by atoms with Gasteiger partial charge in [-0.1, -0.05) is 23.0 Å². The van der Waals surface area contributed by atoms with Crippen molar-refractivity contribution in [3.8, 4) is 0 Å². The van der Waals surface area contributed by atoms with Crippen LogP contribution in [0, 0.1) is 0 Å². The van der Waals surface area contributed by atoms with E-state index in [2.05, 4.69) is 15.3 Å². The maximum Gasteiger partial charge on any atom is 0.365 e. The standard InChI is InChI=1S/C15H10N4O2/c20-15(11-6-5-10-7-8-16-13(10)9-11)21-19-14-4-2-1-3-12(14)17-18-19/h1-9,16H. The molecule has 4 aromatic rings. The lowest BCUT2D eigenvalue weighted by Crippen LogP contribution is -2.21. The SMILES string of the molecule is O=C(On1nnc2ccccc21)c1ccc2cc[nH]c2c1. The Morgan fingerprint density at radius 1 is 1.14 bits per heavy atom. The van der Waals surface area contributed by atoms with Crippen LogP contribution in [0.4, 0.5) is 0 Å². The van der Waals surface area contributed by atoms with Gasteiger partial charge < -0.3 is 9.82 Å². The zero-order valence-electron chi connectivity index (χ0n) is 10.9. The first kappa shape index (κ1) is 11.7. The van der Waals surface area contributed by atoms with Crippen LogP contribution in [0.2, 0.25) is 0 Å². The van der Waals surface area contributed by atoms with Gasteiger partial charge in [-0.15, -0.1) is 5.10 Å². The maximum atomic E-state index is 12.2. The number of carbonyl (C=O) groups is 1. The zero-order chi connectivity index (χ0) is 14.2. The molecule has 2 aromatic carbocycles. The van der Waals surface area contributed by atoms with Crippen molar-refractivity contribution in [3.05, 3.63) is 60.3 Å². The molecule has 0 aliphatic carbocycles. The number of nitrogens with one attached hydrogen (secondary N) is 1. The van der Waals surface area contributed by atoms with Gasteiger partial charge in [-0.3, -0.25) is 0 Å². The fraction of sp³-hybridized carbons (Fsp3) is 0. The second kappa shape index (κ2) is 4.45. The van der Waals surface area contributed by atoms with E-state index in [1.807, 2.05) is 30.5 Å². The third kappa shape index (κ3) is 1.93. The van der Waals surface area contributed by atoms with E-state index in [0.717, 1.165) is 15.7 Å². The van der Waals surface area contributed by atoms with E-state index in [1.165, 1.54) is 0 Å². The number of fused-ring (bicyclic) bond motifs is 2. The van der Waals surface area contributed by atoms with Crippen LogP contribution in [-0.2, 0) is 0 Å². The average molecular weight is 278 g/mol. The van der Waals surface area contributed by atoms with E-state index >= 15 is 0 Å². The van der Waals surface area contributed by atoms with Crippen molar-refractivity contribution < 1.29 is 9.63 Å². The minimum Gasteiger partial charge on any atom is -0.361 e. The van der Waals surface area contributed by atoms with Gasteiger partial charge in [-0.05, 0) is 40.9 Å². The van der Waals surface area contributed by atoms with Crippen LogP contribution in [0.1, 0.15) is 10.4 Å². The number of H-pyrrole nitrogens is 1. The van der Waals surface area contributed by atoms with E-state index < -0.39 is 5.97 Å². The third-order valence-electron chi connectivity index (χ3n) is 3.28. The van der Waals surface area contributed by atoms with Crippen molar-refractivity contribution in [1.29, 1.82) is 0 Å². The molecule has 0 aliphatic heterocycles. The molecule has 6 nitrogen and oxygen atoms in total. The second-order valence-corrected chi connectivity index (χ2v) is 4.61. The van der Waals surface area contributed by atoms with E-state index in [1.54, 1.807) is 24.3 Å². The van der Waals surface area contributed by atoms with E-state index in [0.29, 0.717) is 16.6 Å².